The average Bonchev–Trinajstić information content (AvgIpc) is 3.34. The second kappa shape index (κ2) is 7.25. The number of aromatic nitrogens is 4. The number of thiazole rings is 1. The van der Waals surface area contributed by atoms with E-state index in [1.54, 1.807) is 34.6 Å². The Morgan fingerprint density at radius 2 is 2.31 bits per heavy atom. The normalized spacial score (nSPS) is 17.4. The van der Waals surface area contributed by atoms with Crippen molar-refractivity contribution in [3.8, 4) is 0 Å². The first-order valence-electron chi connectivity index (χ1n) is 8.57. The van der Waals surface area contributed by atoms with Gasteiger partial charge in [-0.1, -0.05) is 0 Å². The molecular formula is C18H19N5O2S. The molecule has 4 rings (SSSR count). The van der Waals surface area contributed by atoms with E-state index in [9.17, 15) is 9.59 Å². The maximum Gasteiger partial charge on any atom is 0.260 e. The van der Waals surface area contributed by atoms with Gasteiger partial charge in [-0.05, 0) is 25.0 Å². The van der Waals surface area contributed by atoms with Crippen LogP contribution in [0.25, 0.3) is 0 Å². The molecule has 8 heteroatoms. The van der Waals surface area contributed by atoms with Gasteiger partial charge in [0, 0.05) is 43.0 Å². The lowest BCUT2D eigenvalue weighted by molar-refractivity contribution is 0.0701. The van der Waals surface area contributed by atoms with Crippen LogP contribution in [-0.2, 0) is 6.54 Å². The van der Waals surface area contributed by atoms with Crippen LogP contribution in [0.2, 0.25) is 0 Å². The molecule has 0 aliphatic carbocycles. The van der Waals surface area contributed by atoms with Gasteiger partial charge in [0.25, 0.3) is 11.5 Å². The molecule has 1 atom stereocenters. The van der Waals surface area contributed by atoms with Crippen LogP contribution in [0.5, 0.6) is 0 Å². The summed E-state index contributed by atoms with van der Waals surface area (Å²) >= 11 is 1.58. The highest BCUT2D eigenvalue weighted by Gasteiger charge is 2.29. The first-order valence-corrected chi connectivity index (χ1v) is 9.51. The average molecular weight is 369 g/mol. The van der Waals surface area contributed by atoms with Gasteiger partial charge >= 0.3 is 0 Å². The Bertz CT molecular complexity index is 946. The number of likely N-dealkylation sites (tertiary alicyclic amines) is 1. The van der Waals surface area contributed by atoms with Crippen molar-refractivity contribution in [3.05, 3.63) is 69.0 Å². The van der Waals surface area contributed by atoms with Gasteiger partial charge < -0.3 is 14.5 Å². The number of nitrogens with zero attached hydrogens (tertiary/aromatic N) is 4. The van der Waals surface area contributed by atoms with E-state index >= 15 is 0 Å². The number of imidazole rings is 1. The van der Waals surface area contributed by atoms with E-state index in [2.05, 4.69) is 19.5 Å². The number of nitrogens with one attached hydrogen (secondary N) is 1. The lowest BCUT2D eigenvalue weighted by Crippen LogP contribution is -2.41. The van der Waals surface area contributed by atoms with Crippen LogP contribution in [-0.4, -0.2) is 43.4 Å². The fraction of sp³-hybridized carbons (Fsp3) is 0.333. The molecular weight excluding hydrogens is 350 g/mol. The summed E-state index contributed by atoms with van der Waals surface area (Å²) in [7, 11) is 0. The van der Waals surface area contributed by atoms with Gasteiger partial charge in [-0.3, -0.25) is 9.59 Å². The Hall–Kier alpha value is -2.74. The quantitative estimate of drug-likeness (QED) is 0.763. The van der Waals surface area contributed by atoms with Gasteiger partial charge in [-0.25, -0.2) is 9.97 Å². The Labute approximate surface area is 154 Å². The van der Waals surface area contributed by atoms with E-state index < -0.39 is 0 Å². The fourth-order valence-corrected chi connectivity index (χ4v) is 3.99. The van der Waals surface area contributed by atoms with Crippen LogP contribution < -0.4 is 5.56 Å². The molecule has 1 N–H and O–H groups in total. The van der Waals surface area contributed by atoms with Crippen molar-refractivity contribution in [1.29, 1.82) is 0 Å². The van der Waals surface area contributed by atoms with Crippen molar-refractivity contribution in [2.45, 2.75) is 25.3 Å². The van der Waals surface area contributed by atoms with E-state index in [0.29, 0.717) is 19.6 Å². The van der Waals surface area contributed by atoms with Gasteiger partial charge in [0.15, 0.2) is 0 Å². The summed E-state index contributed by atoms with van der Waals surface area (Å²) in [6.45, 7) is 1.92. The van der Waals surface area contributed by atoms with E-state index in [4.69, 9.17) is 0 Å². The van der Waals surface area contributed by atoms with Gasteiger partial charge in [0.2, 0.25) is 0 Å². The maximum absolute atomic E-state index is 12.7. The minimum atomic E-state index is -0.343. The number of carbonyl (C=O) groups excluding carboxylic acids is 1. The summed E-state index contributed by atoms with van der Waals surface area (Å²) in [5, 5.41) is 2.03. The molecule has 0 saturated carbocycles. The van der Waals surface area contributed by atoms with E-state index in [1.807, 2.05) is 17.1 Å². The predicted octanol–water partition coefficient (Wildman–Crippen LogP) is 2.10. The lowest BCUT2D eigenvalue weighted by atomic mass is 9.96. The maximum atomic E-state index is 12.7. The Morgan fingerprint density at radius 3 is 3.12 bits per heavy atom. The summed E-state index contributed by atoms with van der Waals surface area (Å²) in [6.07, 6.45) is 7.16. The van der Waals surface area contributed by atoms with Crippen molar-refractivity contribution in [1.82, 2.24) is 24.4 Å². The molecule has 134 valence electrons. The van der Waals surface area contributed by atoms with Crippen LogP contribution in [0.3, 0.4) is 0 Å². The number of pyridine rings is 1. The number of H-pyrrole nitrogens is 1. The molecule has 1 aliphatic rings. The van der Waals surface area contributed by atoms with Gasteiger partial charge in [0.1, 0.15) is 11.4 Å². The molecule has 3 aromatic rings. The highest BCUT2D eigenvalue weighted by molar-refractivity contribution is 7.07. The standard InChI is InChI=1S/C18H19N5O2S/c24-17-15(4-1-5-20-17)18(25)23-7-2-3-13(9-23)16-19-6-8-22(16)10-14-11-26-12-21-14/h1,4-6,8,11-13H,2-3,7,9-10H2,(H,20,24). The zero-order valence-corrected chi connectivity index (χ0v) is 15.0. The fourth-order valence-electron chi connectivity index (χ4n) is 3.44. The van der Waals surface area contributed by atoms with Crippen LogP contribution in [0, 0.1) is 0 Å². The van der Waals surface area contributed by atoms with Crippen molar-refractivity contribution in [2.75, 3.05) is 13.1 Å². The third-order valence-corrected chi connectivity index (χ3v) is 5.32. The van der Waals surface area contributed by atoms with Crippen molar-refractivity contribution in [3.63, 3.8) is 0 Å². The number of hydrogen-bond acceptors (Lipinski definition) is 5. The van der Waals surface area contributed by atoms with E-state index in [0.717, 1.165) is 24.4 Å². The molecule has 0 aromatic carbocycles. The van der Waals surface area contributed by atoms with Crippen molar-refractivity contribution >= 4 is 17.2 Å². The molecule has 0 bridgehead atoms. The van der Waals surface area contributed by atoms with Crippen LogP contribution in [0.4, 0.5) is 0 Å². The zero-order chi connectivity index (χ0) is 17.9. The number of hydrogen-bond donors (Lipinski definition) is 1. The number of piperidine rings is 1. The molecule has 1 aliphatic heterocycles. The topological polar surface area (TPSA) is 83.9 Å². The summed E-state index contributed by atoms with van der Waals surface area (Å²) < 4.78 is 2.10. The molecule has 1 saturated heterocycles. The van der Waals surface area contributed by atoms with Gasteiger partial charge in [-0.2, -0.15) is 0 Å². The molecule has 7 nitrogen and oxygen atoms in total. The second-order valence-electron chi connectivity index (χ2n) is 6.40. The van der Waals surface area contributed by atoms with E-state index in [1.165, 1.54) is 6.20 Å². The molecule has 1 fully saturated rings. The number of carbonyl (C=O) groups is 1. The molecule has 1 unspecified atom stereocenters. The van der Waals surface area contributed by atoms with Crippen LogP contribution >= 0.6 is 11.3 Å². The predicted molar refractivity (Wildman–Crippen MR) is 98.4 cm³/mol. The van der Waals surface area contributed by atoms with Gasteiger partial charge in [0.05, 0.1) is 17.7 Å². The van der Waals surface area contributed by atoms with E-state index in [-0.39, 0.29) is 22.9 Å². The van der Waals surface area contributed by atoms with Crippen molar-refractivity contribution in [2.24, 2.45) is 0 Å². The summed E-state index contributed by atoms with van der Waals surface area (Å²) in [6, 6.07) is 3.25. The Balaban J connectivity index is 1.53. The number of amides is 1. The third kappa shape index (κ3) is 3.32. The molecule has 26 heavy (non-hydrogen) atoms. The highest BCUT2D eigenvalue weighted by Crippen LogP contribution is 2.27. The van der Waals surface area contributed by atoms with Crippen molar-refractivity contribution < 1.29 is 4.79 Å². The molecule has 4 heterocycles. The second-order valence-corrected chi connectivity index (χ2v) is 7.12. The molecule has 1 amide bonds. The summed E-state index contributed by atoms with van der Waals surface area (Å²) in [5.74, 6) is 0.913. The SMILES string of the molecule is O=C(c1ccc[nH]c1=O)N1CCCC(c2nccn2Cc2cscn2)C1. The first kappa shape index (κ1) is 16.7. The minimum absolute atomic E-state index is 0.157. The monoisotopic (exact) mass is 369 g/mol. The summed E-state index contributed by atoms with van der Waals surface area (Å²) in [5.41, 5.74) is 2.68. The van der Waals surface area contributed by atoms with Crippen LogP contribution in [0.1, 0.15) is 40.6 Å². The Kier molecular flexibility index (Phi) is 4.66. The molecule has 0 spiro atoms. The molecule has 3 aromatic heterocycles. The van der Waals surface area contributed by atoms with Crippen LogP contribution in [0.15, 0.2) is 46.4 Å². The Morgan fingerprint density at radius 1 is 1.38 bits per heavy atom. The molecule has 0 radical (unpaired) electrons. The minimum Gasteiger partial charge on any atom is -0.338 e. The zero-order valence-electron chi connectivity index (χ0n) is 14.2. The smallest absolute Gasteiger partial charge is 0.260 e. The van der Waals surface area contributed by atoms with Gasteiger partial charge in [-0.15, -0.1) is 11.3 Å². The largest absolute Gasteiger partial charge is 0.338 e. The third-order valence-electron chi connectivity index (χ3n) is 4.69. The first-order chi connectivity index (χ1) is 12.7. The lowest BCUT2D eigenvalue weighted by Gasteiger charge is -2.32. The summed E-state index contributed by atoms with van der Waals surface area (Å²) in [4.78, 5) is 37.9. The highest BCUT2D eigenvalue weighted by atomic mass is 32.1. The number of rotatable bonds is 4. The number of aromatic amines is 1.